The molecule has 8 heteroatoms. The number of amides is 1. The number of carbonyl (C=O) groups excluding carboxylic acids is 1. The third-order valence-electron chi connectivity index (χ3n) is 5.25. The van der Waals surface area contributed by atoms with Crippen molar-refractivity contribution < 1.29 is 14.3 Å². The molecule has 0 radical (unpaired) electrons. The number of imidazole rings is 1. The second-order valence-corrected chi connectivity index (χ2v) is 9.11. The molecule has 0 aliphatic rings. The Labute approximate surface area is 195 Å². The zero-order chi connectivity index (χ0) is 24.0. The van der Waals surface area contributed by atoms with Crippen LogP contribution in [0.3, 0.4) is 0 Å². The lowest BCUT2D eigenvalue weighted by Crippen LogP contribution is -2.33. The Balaban J connectivity index is 1.62. The van der Waals surface area contributed by atoms with Crippen molar-refractivity contribution >= 4 is 28.8 Å². The first kappa shape index (κ1) is 24.2. The van der Waals surface area contributed by atoms with Crippen LogP contribution in [0.4, 0.5) is 16.4 Å². The highest BCUT2D eigenvalue weighted by atomic mass is 16.6. The third-order valence-corrected chi connectivity index (χ3v) is 5.25. The summed E-state index contributed by atoms with van der Waals surface area (Å²) in [6.45, 7) is 7.57. The van der Waals surface area contributed by atoms with E-state index in [4.69, 9.17) is 15.2 Å². The summed E-state index contributed by atoms with van der Waals surface area (Å²) in [7, 11) is 3.72. The van der Waals surface area contributed by atoms with Crippen LogP contribution < -0.4 is 20.7 Å². The molecule has 3 aromatic rings. The number of hydrogen-bond acceptors (Lipinski definition) is 6. The summed E-state index contributed by atoms with van der Waals surface area (Å²) < 4.78 is 12.5. The van der Waals surface area contributed by atoms with Crippen LogP contribution in [0, 0.1) is 0 Å². The summed E-state index contributed by atoms with van der Waals surface area (Å²) in [5.74, 6) is 1.34. The maximum absolute atomic E-state index is 11.8. The molecule has 3 rings (SSSR count). The predicted molar refractivity (Wildman–Crippen MR) is 133 cm³/mol. The Morgan fingerprint density at radius 2 is 1.88 bits per heavy atom. The van der Waals surface area contributed by atoms with E-state index >= 15 is 0 Å². The molecular weight excluding hydrogens is 418 g/mol. The largest absolute Gasteiger partial charge is 0.497 e. The number of anilines is 2. The van der Waals surface area contributed by atoms with Crippen molar-refractivity contribution in [3.8, 4) is 5.75 Å². The number of unbranched alkanes of at least 4 members (excludes halogenated alkanes) is 1. The molecule has 8 nitrogen and oxygen atoms in total. The van der Waals surface area contributed by atoms with E-state index in [2.05, 4.69) is 40.4 Å². The highest BCUT2D eigenvalue weighted by Gasteiger charge is 2.16. The first-order valence-corrected chi connectivity index (χ1v) is 11.2. The Bertz CT molecular complexity index is 1070. The topological polar surface area (TPSA) is 94.6 Å². The minimum atomic E-state index is -0.494. The van der Waals surface area contributed by atoms with E-state index in [1.807, 2.05) is 49.6 Å². The lowest BCUT2D eigenvalue weighted by Gasteiger charge is -2.20. The molecule has 1 heterocycles. The van der Waals surface area contributed by atoms with E-state index in [1.165, 1.54) is 5.56 Å². The molecule has 0 saturated carbocycles. The summed E-state index contributed by atoms with van der Waals surface area (Å²) in [6, 6.07) is 14.2. The number of ether oxygens (including phenoxy) is 2. The number of rotatable bonds is 9. The number of methoxy groups -OCH3 is 1. The van der Waals surface area contributed by atoms with E-state index in [1.54, 1.807) is 7.11 Å². The van der Waals surface area contributed by atoms with Gasteiger partial charge in [-0.2, -0.15) is 0 Å². The molecule has 1 amide bonds. The average molecular weight is 454 g/mol. The normalized spacial score (nSPS) is 11.4. The highest BCUT2D eigenvalue weighted by molar-refractivity contribution is 5.90. The van der Waals surface area contributed by atoms with Crippen molar-refractivity contribution in [1.29, 1.82) is 0 Å². The van der Waals surface area contributed by atoms with Crippen molar-refractivity contribution in [2.75, 3.05) is 31.3 Å². The fourth-order valence-corrected chi connectivity index (χ4v) is 3.68. The van der Waals surface area contributed by atoms with Gasteiger partial charge in [0.2, 0.25) is 5.95 Å². The van der Waals surface area contributed by atoms with Gasteiger partial charge in [-0.15, -0.1) is 0 Å². The number of alkyl carbamates (subject to hydrolysis) is 1. The standard InChI is InChI=1S/C25H35N5O3/c1-25(2,3)33-24(31)27-15-6-7-16-30-21-10-8-9-20(22(21)28-23(30)26)29(4)17-18-11-13-19(32-5)14-12-18/h8-14H,6-7,15-17H2,1-5H3,(H2,26,28)(H,27,31). The minimum absolute atomic E-state index is 0.389. The maximum atomic E-state index is 11.8. The molecule has 2 aromatic carbocycles. The first-order chi connectivity index (χ1) is 15.7. The smallest absolute Gasteiger partial charge is 0.407 e. The molecule has 0 atom stereocenters. The van der Waals surface area contributed by atoms with Crippen LogP contribution in [0.1, 0.15) is 39.2 Å². The quantitative estimate of drug-likeness (QED) is 0.461. The molecule has 178 valence electrons. The van der Waals surface area contributed by atoms with Gasteiger partial charge in [0.05, 0.1) is 18.3 Å². The number of carbonyl (C=O) groups is 1. The van der Waals surface area contributed by atoms with Crippen LogP contribution in [0.2, 0.25) is 0 Å². The molecule has 0 fully saturated rings. The van der Waals surface area contributed by atoms with Crippen LogP contribution in [-0.2, 0) is 17.8 Å². The first-order valence-electron chi connectivity index (χ1n) is 11.2. The fraction of sp³-hybridized carbons (Fsp3) is 0.440. The maximum Gasteiger partial charge on any atom is 0.407 e. The molecule has 0 aliphatic carbocycles. The summed E-state index contributed by atoms with van der Waals surface area (Å²) in [4.78, 5) is 18.6. The van der Waals surface area contributed by atoms with Gasteiger partial charge in [-0.3, -0.25) is 0 Å². The third kappa shape index (κ3) is 6.54. The van der Waals surface area contributed by atoms with Crippen LogP contribution in [0.15, 0.2) is 42.5 Å². The number of nitrogens with zero attached hydrogens (tertiary/aromatic N) is 3. The predicted octanol–water partition coefficient (Wildman–Crippen LogP) is 4.57. The van der Waals surface area contributed by atoms with Crippen LogP contribution in [0.5, 0.6) is 5.75 Å². The lowest BCUT2D eigenvalue weighted by atomic mass is 10.2. The van der Waals surface area contributed by atoms with Gasteiger partial charge in [0.1, 0.15) is 16.9 Å². The van der Waals surface area contributed by atoms with Crippen LogP contribution in [0.25, 0.3) is 11.0 Å². The second kappa shape index (κ2) is 10.5. The van der Waals surface area contributed by atoms with Gasteiger partial charge in [-0.25, -0.2) is 9.78 Å². The van der Waals surface area contributed by atoms with Crippen LogP contribution in [-0.4, -0.2) is 41.9 Å². The number of para-hydroxylation sites is 1. The molecule has 0 saturated heterocycles. The number of nitrogens with two attached hydrogens (primary N) is 1. The number of fused-ring (bicyclic) bond motifs is 1. The average Bonchev–Trinajstić information content (AvgIpc) is 3.08. The molecule has 1 aromatic heterocycles. The SMILES string of the molecule is COc1ccc(CN(C)c2cccc3c2nc(N)n3CCCCNC(=O)OC(C)(C)C)cc1. The number of aryl methyl sites for hydroxylation is 1. The van der Waals surface area contributed by atoms with Gasteiger partial charge in [0.15, 0.2) is 0 Å². The van der Waals surface area contributed by atoms with Gasteiger partial charge < -0.3 is 30.0 Å². The van der Waals surface area contributed by atoms with Gasteiger partial charge in [-0.05, 0) is 63.4 Å². The number of nitrogens with one attached hydrogen (secondary N) is 1. The van der Waals surface area contributed by atoms with Gasteiger partial charge in [0.25, 0.3) is 0 Å². The molecule has 0 spiro atoms. The second-order valence-electron chi connectivity index (χ2n) is 9.11. The van der Waals surface area contributed by atoms with E-state index in [9.17, 15) is 4.79 Å². The van der Waals surface area contributed by atoms with Crippen molar-refractivity contribution in [2.24, 2.45) is 0 Å². The van der Waals surface area contributed by atoms with Gasteiger partial charge >= 0.3 is 6.09 Å². The molecule has 33 heavy (non-hydrogen) atoms. The van der Waals surface area contributed by atoms with Gasteiger partial charge in [-0.1, -0.05) is 18.2 Å². The van der Waals surface area contributed by atoms with E-state index in [0.717, 1.165) is 48.4 Å². The number of aromatic nitrogens is 2. The summed E-state index contributed by atoms with van der Waals surface area (Å²) >= 11 is 0. The number of nitrogen functional groups attached to an aromatic ring is 1. The highest BCUT2D eigenvalue weighted by Crippen LogP contribution is 2.29. The minimum Gasteiger partial charge on any atom is -0.497 e. The molecular formula is C25H35N5O3. The van der Waals surface area contributed by atoms with Crippen molar-refractivity contribution in [2.45, 2.75) is 52.3 Å². The van der Waals surface area contributed by atoms with E-state index in [0.29, 0.717) is 12.5 Å². The van der Waals surface area contributed by atoms with Crippen LogP contribution >= 0.6 is 0 Å². The van der Waals surface area contributed by atoms with Crippen molar-refractivity contribution in [3.05, 3.63) is 48.0 Å². The monoisotopic (exact) mass is 453 g/mol. The summed E-state index contributed by atoms with van der Waals surface area (Å²) in [5, 5.41) is 2.79. The fourth-order valence-electron chi connectivity index (χ4n) is 3.68. The van der Waals surface area contributed by atoms with E-state index in [-0.39, 0.29) is 6.09 Å². The zero-order valence-electron chi connectivity index (χ0n) is 20.2. The van der Waals surface area contributed by atoms with Gasteiger partial charge in [0, 0.05) is 26.7 Å². The molecule has 0 unspecified atom stereocenters. The summed E-state index contributed by atoms with van der Waals surface area (Å²) in [6.07, 6.45) is 1.28. The Kier molecular flexibility index (Phi) is 7.68. The lowest BCUT2D eigenvalue weighted by molar-refractivity contribution is 0.0527. The molecule has 3 N–H and O–H groups in total. The van der Waals surface area contributed by atoms with Crippen molar-refractivity contribution in [1.82, 2.24) is 14.9 Å². The summed E-state index contributed by atoms with van der Waals surface area (Å²) in [5.41, 5.74) is 9.88. The Morgan fingerprint density at radius 3 is 2.55 bits per heavy atom. The van der Waals surface area contributed by atoms with E-state index < -0.39 is 5.60 Å². The van der Waals surface area contributed by atoms with Crippen molar-refractivity contribution in [3.63, 3.8) is 0 Å². The number of benzene rings is 2. The zero-order valence-corrected chi connectivity index (χ0v) is 20.2. The Morgan fingerprint density at radius 1 is 1.15 bits per heavy atom. The molecule has 0 bridgehead atoms. The Hall–Kier alpha value is -3.42. The number of hydrogen-bond donors (Lipinski definition) is 2. The molecule has 0 aliphatic heterocycles.